The largest absolute Gasteiger partial charge is 0.287 e. The summed E-state index contributed by atoms with van der Waals surface area (Å²) in [6, 6.07) is 14.8. The standard InChI is InChI=1S/C17H16ClNO4S/c1-2-23-19(15-9-4-3-5-10-15)24(21,22)16-11-7-6-8-14(16)12-13-17(18)20/h3-13H,2H2,1H3. The summed E-state index contributed by atoms with van der Waals surface area (Å²) >= 11 is 5.29. The molecule has 5 nitrogen and oxygen atoms in total. The van der Waals surface area contributed by atoms with Gasteiger partial charge in [0, 0.05) is 0 Å². The molecule has 0 aliphatic rings. The van der Waals surface area contributed by atoms with Crippen molar-refractivity contribution in [2.75, 3.05) is 11.1 Å². The van der Waals surface area contributed by atoms with Gasteiger partial charge in [-0.25, -0.2) is 0 Å². The van der Waals surface area contributed by atoms with Gasteiger partial charge in [0.15, 0.2) is 0 Å². The zero-order valence-electron chi connectivity index (χ0n) is 12.9. The first kappa shape index (κ1) is 18.2. The Morgan fingerprint density at radius 1 is 1.12 bits per heavy atom. The summed E-state index contributed by atoms with van der Waals surface area (Å²) in [6.07, 6.45) is 2.46. The highest BCUT2D eigenvalue weighted by atomic mass is 35.5. The number of benzene rings is 2. The van der Waals surface area contributed by atoms with Gasteiger partial charge in [-0.05, 0) is 54.4 Å². The van der Waals surface area contributed by atoms with E-state index in [1.807, 2.05) is 0 Å². The molecular weight excluding hydrogens is 350 g/mol. The maximum absolute atomic E-state index is 13.0. The zero-order valence-corrected chi connectivity index (χ0v) is 14.5. The van der Waals surface area contributed by atoms with Gasteiger partial charge in [-0.2, -0.15) is 8.42 Å². The number of rotatable bonds is 7. The molecule has 0 aliphatic carbocycles. The second kappa shape index (κ2) is 8.10. The first-order valence-electron chi connectivity index (χ1n) is 7.16. The van der Waals surface area contributed by atoms with Gasteiger partial charge in [-0.1, -0.05) is 36.4 Å². The molecule has 0 radical (unpaired) electrons. The molecular formula is C17H16ClNO4S. The van der Waals surface area contributed by atoms with E-state index < -0.39 is 15.3 Å². The molecule has 0 fully saturated rings. The SMILES string of the molecule is CCON(c1ccccc1)S(=O)(=O)c1ccccc1C=CC(=O)Cl. The third-order valence-electron chi connectivity index (χ3n) is 3.02. The topological polar surface area (TPSA) is 63.7 Å². The lowest BCUT2D eigenvalue weighted by Crippen LogP contribution is -2.31. The molecule has 0 aromatic heterocycles. The summed E-state index contributed by atoms with van der Waals surface area (Å²) in [5.74, 6) is 0. The van der Waals surface area contributed by atoms with Crippen LogP contribution in [-0.2, 0) is 19.7 Å². The highest BCUT2D eigenvalue weighted by Crippen LogP contribution is 2.26. The van der Waals surface area contributed by atoms with Crippen LogP contribution in [0.4, 0.5) is 5.69 Å². The highest BCUT2D eigenvalue weighted by Gasteiger charge is 2.27. The van der Waals surface area contributed by atoms with Crippen LogP contribution in [0.2, 0.25) is 0 Å². The van der Waals surface area contributed by atoms with E-state index in [9.17, 15) is 13.2 Å². The Morgan fingerprint density at radius 2 is 1.75 bits per heavy atom. The third-order valence-corrected chi connectivity index (χ3v) is 4.83. The molecule has 2 rings (SSSR count). The van der Waals surface area contributed by atoms with Crippen LogP contribution in [0.25, 0.3) is 6.08 Å². The molecule has 0 unspecified atom stereocenters. The van der Waals surface area contributed by atoms with E-state index >= 15 is 0 Å². The van der Waals surface area contributed by atoms with E-state index in [2.05, 4.69) is 0 Å². The van der Waals surface area contributed by atoms with Gasteiger partial charge in [-0.3, -0.25) is 9.63 Å². The van der Waals surface area contributed by atoms with Crippen LogP contribution in [0.1, 0.15) is 12.5 Å². The Bertz CT molecular complexity index is 835. The molecule has 0 heterocycles. The summed E-state index contributed by atoms with van der Waals surface area (Å²) in [6.45, 7) is 1.87. The van der Waals surface area contributed by atoms with Crippen LogP contribution in [0, 0.1) is 0 Å². The van der Waals surface area contributed by atoms with E-state index in [-0.39, 0.29) is 11.5 Å². The van der Waals surface area contributed by atoms with Crippen LogP contribution in [0.3, 0.4) is 0 Å². The van der Waals surface area contributed by atoms with Crippen molar-refractivity contribution in [1.29, 1.82) is 0 Å². The number of nitrogens with zero attached hydrogens (tertiary/aromatic N) is 1. The summed E-state index contributed by atoms with van der Waals surface area (Å²) in [4.78, 5) is 16.3. The zero-order chi connectivity index (χ0) is 17.6. The van der Waals surface area contributed by atoms with Gasteiger partial charge in [0.25, 0.3) is 10.0 Å². The van der Waals surface area contributed by atoms with Crippen molar-refractivity contribution in [1.82, 2.24) is 0 Å². The molecule has 0 saturated heterocycles. The van der Waals surface area contributed by atoms with Crippen LogP contribution < -0.4 is 4.47 Å². The Hall–Kier alpha value is -2.15. The van der Waals surface area contributed by atoms with E-state index in [0.29, 0.717) is 11.3 Å². The average molecular weight is 366 g/mol. The molecule has 2 aromatic carbocycles. The highest BCUT2D eigenvalue weighted by molar-refractivity contribution is 7.92. The van der Waals surface area contributed by atoms with Crippen molar-refractivity contribution in [3.63, 3.8) is 0 Å². The van der Waals surface area contributed by atoms with Crippen molar-refractivity contribution in [2.24, 2.45) is 0 Å². The van der Waals surface area contributed by atoms with Gasteiger partial charge in [0.1, 0.15) is 0 Å². The number of allylic oxidation sites excluding steroid dienone is 1. The number of para-hydroxylation sites is 1. The van der Waals surface area contributed by atoms with Crippen LogP contribution in [0.15, 0.2) is 65.6 Å². The van der Waals surface area contributed by atoms with Crippen molar-refractivity contribution in [3.8, 4) is 0 Å². The lowest BCUT2D eigenvalue weighted by Gasteiger charge is -2.23. The lowest BCUT2D eigenvalue weighted by molar-refractivity contribution is -0.107. The van der Waals surface area contributed by atoms with Crippen LogP contribution in [0.5, 0.6) is 0 Å². The van der Waals surface area contributed by atoms with Crippen LogP contribution >= 0.6 is 11.6 Å². The monoisotopic (exact) mass is 365 g/mol. The van der Waals surface area contributed by atoms with E-state index in [4.69, 9.17) is 16.4 Å². The number of carbonyl (C=O) groups excluding carboxylic acids is 1. The smallest absolute Gasteiger partial charge is 0.276 e. The molecule has 0 spiro atoms. The number of carbonyl (C=O) groups is 1. The van der Waals surface area contributed by atoms with Gasteiger partial charge in [0.05, 0.1) is 17.2 Å². The predicted molar refractivity (Wildman–Crippen MR) is 94.1 cm³/mol. The number of anilines is 1. The summed E-state index contributed by atoms with van der Waals surface area (Å²) in [7, 11) is -3.99. The van der Waals surface area contributed by atoms with Crippen molar-refractivity contribution in [2.45, 2.75) is 11.8 Å². The Labute approximate surface area is 146 Å². The van der Waals surface area contributed by atoms with Crippen molar-refractivity contribution < 1.29 is 18.0 Å². The Kier molecular flexibility index (Phi) is 6.14. The van der Waals surface area contributed by atoms with E-state index in [1.165, 1.54) is 12.1 Å². The molecule has 0 bridgehead atoms. The fraction of sp³-hybridized carbons (Fsp3) is 0.118. The summed E-state index contributed by atoms with van der Waals surface area (Å²) in [5, 5.41) is -0.688. The molecule has 7 heteroatoms. The maximum atomic E-state index is 13.0. The second-order valence-corrected chi connectivity index (χ2v) is 6.75. The summed E-state index contributed by atoms with van der Waals surface area (Å²) in [5.41, 5.74) is 0.721. The first-order chi connectivity index (χ1) is 11.5. The lowest BCUT2D eigenvalue weighted by atomic mass is 10.2. The normalized spacial score (nSPS) is 11.6. The fourth-order valence-electron chi connectivity index (χ4n) is 2.05. The molecule has 0 atom stereocenters. The minimum Gasteiger partial charge on any atom is -0.276 e. The molecule has 2 aromatic rings. The fourth-order valence-corrected chi connectivity index (χ4v) is 3.62. The molecule has 0 aliphatic heterocycles. The minimum atomic E-state index is -3.99. The second-order valence-electron chi connectivity index (χ2n) is 4.66. The van der Waals surface area contributed by atoms with E-state index in [1.54, 1.807) is 55.5 Å². The Balaban J connectivity index is 2.54. The molecule has 0 saturated carbocycles. The molecule has 0 N–H and O–H groups in total. The van der Waals surface area contributed by atoms with Gasteiger partial charge < -0.3 is 0 Å². The molecule has 126 valence electrons. The van der Waals surface area contributed by atoms with Gasteiger partial charge >= 0.3 is 0 Å². The van der Waals surface area contributed by atoms with E-state index in [0.717, 1.165) is 10.5 Å². The molecule has 0 amide bonds. The molecule has 24 heavy (non-hydrogen) atoms. The number of halogens is 1. The average Bonchev–Trinajstić information content (AvgIpc) is 2.58. The van der Waals surface area contributed by atoms with Crippen molar-refractivity contribution in [3.05, 3.63) is 66.2 Å². The maximum Gasteiger partial charge on any atom is 0.287 e. The number of hydrogen-bond acceptors (Lipinski definition) is 4. The van der Waals surface area contributed by atoms with Gasteiger partial charge in [0.2, 0.25) is 5.24 Å². The van der Waals surface area contributed by atoms with Gasteiger partial charge in [-0.15, -0.1) is 4.47 Å². The summed E-state index contributed by atoms with van der Waals surface area (Å²) < 4.78 is 27.0. The number of sulfonamides is 1. The predicted octanol–water partition coefficient (Wildman–Crippen LogP) is 3.61. The van der Waals surface area contributed by atoms with Crippen molar-refractivity contribution >= 4 is 38.6 Å². The quantitative estimate of drug-likeness (QED) is 0.427. The number of hydrogen-bond donors (Lipinski definition) is 0. The third kappa shape index (κ3) is 4.23. The Morgan fingerprint density at radius 3 is 2.38 bits per heavy atom. The first-order valence-corrected chi connectivity index (χ1v) is 8.98. The minimum absolute atomic E-state index is 0.0106. The van der Waals surface area contributed by atoms with Crippen LogP contribution in [-0.4, -0.2) is 20.3 Å².